The lowest BCUT2D eigenvalue weighted by molar-refractivity contribution is 0.359. The number of nitrogens with one attached hydrogen (secondary N) is 1. The molecule has 1 aliphatic rings. The maximum Gasteiger partial charge on any atom is 0.123 e. The number of benzene rings is 1. The van der Waals surface area contributed by atoms with E-state index in [4.69, 9.17) is 0 Å². The Balaban J connectivity index is 1.89. The summed E-state index contributed by atoms with van der Waals surface area (Å²) in [6.45, 7) is 4.28. The van der Waals surface area contributed by atoms with Gasteiger partial charge in [0.25, 0.3) is 0 Å². The smallest absolute Gasteiger partial charge is 0.123 e. The first-order valence-electron chi connectivity index (χ1n) is 7.73. The fourth-order valence-electron chi connectivity index (χ4n) is 3.26. The van der Waals surface area contributed by atoms with Crippen molar-refractivity contribution in [2.24, 2.45) is 11.8 Å². The fraction of sp³-hybridized carbons (Fsp3) is 0.647. The minimum absolute atomic E-state index is 0.136. The molecule has 106 valence electrons. The molecule has 1 N–H and O–H groups in total. The van der Waals surface area contributed by atoms with Crippen LogP contribution >= 0.6 is 0 Å². The first kappa shape index (κ1) is 14.5. The van der Waals surface area contributed by atoms with Crippen LogP contribution in [-0.4, -0.2) is 13.1 Å². The van der Waals surface area contributed by atoms with E-state index < -0.39 is 0 Å². The van der Waals surface area contributed by atoms with E-state index in [1.165, 1.54) is 37.7 Å². The third-order valence-electron chi connectivity index (χ3n) is 4.26. The van der Waals surface area contributed by atoms with Crippen molar-refractivity contribution in [1.82, 2.24) is 5.32 Å². The van der Waals surface area contributed by atoms with Gasteiger partial charge in [0.15, 0.2) is 0 Å². The molecule has 1 fully saturated rings. The Bertz CT molecular complexity index is 354. The number of hydrogen-bond donors (Lipinski definition) is 1. The molecule has 1 atom stereocenters. The average Bonchev–Trinajstić information content (AvgIpc) is 2.91. The molecule has 0 bridgehead atoms. The topological polar surface area (TPSA) is 12.0 Å². The minimum Gasteiger partial charge on any atom is -0.317 e. The van der Waals surface area contributed by atoms with Crippen LogP contribution in [0.15, 0.2) is 24.3 Å². The van der Waals surface area contributed by atoms with E-state index in [1.54, 1.807) is 12.1 Å². The molecular formula is C17H26FN. The van der Waals surface area contributed by atoms with Crippen LogP contribution in [0.1, 0.15) is 44.6 Å². The molecule has 1 saturated carbocycles. The van der Waals surface area contributed by atoms with Crippen molar-refractivity contribution in [1.29, 1.82) is 0 Å². The van der Waals surface area contributed by atoms with Crippen LogP contribution in [0.5, 0.6) is 0 Å². The molecule has 1 unspecified atom stereocenters. The number of hydrogen-bond acceptors (Lipinski definition) is 1. The number of rotatable bonds is 7. The van der Waals surface area contributed by atoms with Crippen LogP contribution in [-0.2, 0) is 6.42 Å². The molecule has 0 aliphatic heterocycles. The molecule has 0 spiro atoms. The molecule has 0 radical (unpaired) electrons. The molecule has 1 aromatic carbocycles. The van der Waals surface area contributed by atoms with Crippen LogP contribution in [0.2, 0.25) is 0 Å². The standard InChI is InChI=1S/C17H26FN/c1-2-19-13-16(11-14-5-3-4-6-14)12-15-7-9-17(18)10-8-15/h7-10,14,16,19H,2-6,11-13H2,1H3. The predicted octanol–water partition coefficient (Wildman–Crippen LogP) is 4.17. The minimum atomic E-state index is -0.136. The SMILES string of the molecule is CCNCC(Cc1ccc(F)cc1)CC1CCCC1. The summed E-state index contributed by atoms with van der Waals surface area (Å²) in [5, 5.41) is 3.48. The van der Waals surface area contributed by atoms with Crippen molar-refractivity contribution in [2.45, 2.75) is 45.4 Å². The highest BCUT2D eigenvalue weighted by molar-refractivity contribution is 5.16. The van der Waals surface area contributed by atoms with Gasteiger partial charge in [-0.05, 0) is 55.5 Å². The van der Waals surface area contributed by atoms with Crippen LogP contribution in [0.25, 0.3) is 0 Å². The summed E-state index contributed by atoms with van der Waals surface area (Å²) in [7, 11) is 0. The van der Waals surface area contributed by atoms with Crippen molar-refractivity contribution in [3.8, 4) is 0 Å². The van der Waals surface area contributed by atoms with Gasteiger partial charge < -0.3 is 5.32 Å². The monoisotopic (exact) mass is 263 g/mol. The van der Waals surface area contributed by atoms with Gasteiger partial charge in [0.2, 0.25) is 0 Å². The Hall–Kier alpha value is -0.890. The molecule has 0 heterocycles. The predicted molar refractivity (Wildman–Crippen MR) is 78.7 cm³/mol. The van der Waals surface area contributed by atoms with Crippen molar-refractivity contribution in [3.05, 3.63) is 35.6 Å². The Morgan fingerprint density at radius 3 is 2.53 bits per heavy atom. The first-order chi connectivity index (χ1) is 9.28. The van der Waals surface area contributed by atoms with Gasteiger partial charge in [-0.2, -0.15) is 0 Å². The normalized spacial score (nSPS) is 17.8. The highest BCUT2D eigenvalue weighted by Crippen LogP contribution is 2.31. The average molecular weight is 263 g/mol. The van der Waals surface area contributed by atoms with Crippen molar-refractivity contribution in [2.75, 3.05) is 13.1 Å². The van der Waals surface area contributed by atoms with Crippen molar-refractivity contribution < 1.29 is 4.39 Å². The van der Waals surface area contributed by atoms with E-state index in [9.17, 15) is 4.39 Å². The highest BCUT2D eigenvalue weighted by atomic mass is 19.1. The maximum absolute atomic E-state index is 12.9. The highest BCUT2D eigenvalue weighted by Gasteiger charge is 2.20. The van der Waals surface area contributed by atoms with Gasteiger partial charge in [0.1, 0.15) is 5.82 Å². The van der Waals surface area contributed by atoms with Gasteiger partial charge in [-0.1, -0.05) is 44.7 Å². The lowest BCUT2D eigenvalue weighted by Crippen LogP contribution is -2.25. The van der Waals surface area contributed by atoms with Crippen molar-refractivity contribution >= 4 is 0 Å². The van der Waals surface area contributed by atoms with Crippen LogP contribution in [0.4, 0.5) is 4.39 Å². The lowest BCUT2D eigenvalue weighted by atomic mass is 9.88. The maximum atomic E-state index is 12.9. The molecule has 1 aliphatic carbocycles. The third kappa shape index (κ3) is 4.94. The zero-order valence-electron chi connectivity index (χ0n) is 12.0. The molecule has 2 heteroatoms. The second-order valence-electron chi connectivity index (χ2n) is 5.89. The Morgan fingerprint density at radius 1 is 1.21 bits per heavy atom. The van der Waals surface area contributed by atoms with E-state index >= 15 is 0 Å². The molecule has 0 amide bonds. The Labute approximate surface area is 116 Å². The quantitative estimate of drug-likeness (QED) is 0.778. The lowest BCUT2D eigenvalue weighted by Gasteiger charge is -2.21. The summed E-state index contributed by atoms with van der Waals surface area (Å²) in [5.74, 6) is 1.47. The van der Waals surface area contributed by atoms with Crippen LogP contribution in [0.3, 0.4) is 0 Å². The van der Waals surface area contributed by atoms with Gasteiger partial charge >= 0.3 is 0 Å². The van der Waals surface area contributed by atoms with E-state index in [2.05, 4.69) is 12.2 Å². The van der Waals surface area contributed by atoms with Gasteiger partial charge in [-0.3, -0.25) is 0 Å². The number of halogens is 1. The summed E-state index contributed by atoms with van der Waals surface area (Å²) in [6.07, 6.45) is 8.04. The summed E-state index contributed by atoms with van der Waals surface area (Å²) in [6, 6.07) is 7.02. The van der Waals surface area contributed by atoms with Gasteiger partial charge in [-0.25, -0.2) is 4.39 Å². The summed E-state index contributed by atoms with van der Waals surface area (Å²) in [4.78, 5) is 0. The summed E-state index contributed by atoms with van der Waals surface area (Å²) < 4.78 is 12.9. The van der Waals surface area contributed by atoms with Gasteiger partial charge in [0, 0.05) is 0 Å². The largest absolute Gasteiger partial charge is 0.317 e. The van der Waals surface area contributed by atoms with E-state index in [1.807, 2.05) is 12.1 Å². The Kier molecular flexibility index (Phi) is 5.84. The Morgan fingerprint density at radius 2 is 1.89 bits per heavy atom. The second-order valence-corrected chi connectivity index (χ2v) is 5.89. The van der Waals surface area contributed by atoms with Gasteiger partial charge in [0.05, 0.1) is 0 Å². The van der Waals surface area contributed by atoms with Crippen LogP contribution < -0.4 is 5.32 Å². The van der Waals surface area contributed by atoms with E-state index in [0.717, 1.165) is 25.4 Å². The summed E-state index contributed by atoms with van der Waals surface area (Å²) >= 11 is 0. The van der Waals surface area contributed by atoms with Crippen LogP contribution in [0, 0.1) is 17.7 Å². The van der Waals surface area contributed by atoms with E-state index in [0.29, 0.717) is 5.92 Å². The molecule has 1 aromatic rings. The second kappa shape index (κ2) is 7.64. The molecule has 2 rings (SSSR count). The zero-order valence-corrected chi connectivity index (χ0v) is 12.0. The fourth-order valence-corrected chi connectivity index (χ4v) is 3.26. The molecule has 19 heavy (non-hydrogen) atoms. The van der Waals surface area contributed by atoms with Gasteiger partial charge in [-0.15, -0.1) is 0 Å². The zero-order chi connectivity index (χ0) is 13.5. The summed E-state index contributed by atoms with van der Waals surface area (Å²) in [5.41, 5.74) is 1.27. The molecule has 0 aromatic heterocycles. The molecule has 0 saturated heterocycles. The van der Waals surface area contributed by atoms with E-state index in [-0.39, 0.29) is 5.82 Å². The first-order valence-corrected chi connectivity index (χ1v) is 7.73. The third-order valence-corrected chi connectivity index (χ3v) is 4.26. The molecule has 1 nitrogen and oxygen atoms in total. The molecular weight excluding hydrogens is 237 g/mol. The van der Waals surface area contributed by atoms with Crippen molar-refractivity contribution in [3.63, 3.8) is 0 Å².